The molecule has 0 bridgehead atoms. The van der Waals surface area contributed by atoms with E-state index in [1.54, 1.807) is 0 Å². The van der Waals surface area contributed by atoms with E-state index in [1.165, 1.54) is 29.2 Å². The molecule has 0 radical (unpaired) electrons. The molecule has 2 aliphatic rings. The molecule has 2 atom stereocenters. The number of carbonyl (C=O) groups is 2. The first-order valence-electron chi connectivity index (χ1n) is 14.4. The number of hydrogen-bond acceptors (Lipinski definition) is 4. The van der Waals surface area contributed by atoms with Crippen LogP contribution in [0.5, 0.6) is 0 Å². The number of piperidine rings is 1. The van der Waals surface area contributed by atoms with Crippen LogP contribution in [0, 0.1) is 5.82 Å². The standard InChI is InChI=1S/C32H31F7N4O2/c33-25-6-8-26(9-7-25)40-29(44)20-41-12-14-42(15-13-41)28-10-11-43(19-27(28)21-4-2-1-3-5-21)30(45)22-16-23(31(34,35)36)18-24(17-22)32(37,38)39/h1-9,16-18,27-28H,10-15,19-20H2,(H,40,44)/t27-,28-/m1/s1. The van der Waals surface area contributed by atoms with Crippen molar-refractivity contribution in [3.05, 3.63) is 101 Å². The van der Waals surface area contributed by atoms with Crippen LogP contribution < -0.4 is 5.32 Å². The lowest BCUT2D eigenvalue weighted by Gasteiger charge is -2.47. The number of alkyl halides is 6. The Morgan fingerprint density at radius 1 is 0.778 bits per heavy atom. The minimum absolute atomic E-state index is 0.0157. The Hall–Kier alpha value is -3.97. The second-order valence-corrected chi connectivity index (χ2v) is 11.3. The number of anilines is 1. The lowest BCUT2D eigenvalue weighted by molar-refractivity contribution is -0.143. The molecular formula is C32H31F7N4O2. The second-order valence-electron chi connectivity index (χ2n) is 11.3. The third-order valence-electron chi connectivity index (χ3n) is 8.30. The van der Waals surface area contributed by atoms with Crippen LogP contribution in [0.1, 0.15) is 39.4 Å². The van der Waals surface area contributed by atoms with Gasteiger partial charge in [-0.2, -0.15) is 26.3 Å². The summed E-state index contributed by atoms with van der Waals surface area (Å²) in [5.74, 6) is -1.76. The van der Waals surface area contributed by atoms with Gasteiger partial charge in [-0.3, -0.25) is 19.4 Å². The van der Waals surface area contributed by atoms with Gasteiger partial charge in [0.2, 0.25) is 5.91 Å². The quantitative estimate of drug-likeness (QED) is 0.332. The molecule has 2 aliphatic heterocycles. The molecular weight excluding hydrogens is 605 g/mol. The number of hydrogen-bond donors (Lipinski definition) is 1. The SMILES string of the molecule is O=C(CN1CCN([C@@H]2CCN(C(=O)c3cc(C(F)(F)F)cc(C(F)(F)F)c3)C[C@@H]2c2ccccc2)CC1)Nc1ccc(F)cc1. The van der Waals surface area contributed by atoms with Crippen LogP contribution in [0.3, 0.4) is 0 Å². The number of amides is 2. The number of nitrogens with zero attached hydrogens (tertiary/aromatic N) is 3. The third-order valence-corrected chi connectivity index (χ3v) is 8.30. The first-order valence-corrected chi connectivity index (χ1v) is 14.4. The van der Waals surface area contributed by atoms with Crippen molar-refractivity contribution in [2.45, 2.75) is 30.7 Å². The molecule has 240 valence electrons. The Labute approximate surface area is 255 Å². The highest BCUT2D eigenvalue weighted by Crippen LogP contribution is 2.38. The highest BCUT2D eigenvalue weighted by molar-refractivity contribution is 5.95. The fourth-order valence-electron chi connectivity index (χ4n) is 6.04. The van der Waals surface area contributed by atoms with Crippen LogP contribution in [0.4, 0.5) is 36.4 Å². The minimum atomic E-state index is -5.06. The Kier molecular flexibility index (Phi) is 9.49. The van der Waals surface area contributed by atoms with Crippen LogP contribution >= 0.6 is 0 Å². The summed E-state index contributed by atoms with van der Waals surface area (Å²) in [4.78, 5) is 31.6. The highest BCUT2D eigenvalue weighted by Gasteiger charge is 2.40. The summed E-state index contributed by atoms with van der Waals surface area (Å²) in [6.45, 7) is 2.83. The third kappa shape index (κ3) is 8.01. The lowest BCUT2D eigenvalue weighted by Crippen LogP contribution is -2.57. The minimum Gasteiger partial charge on any atom is -0.338 e. The summed E-state index contributed by atoms with van der Waals surface area (Å²) in [6, 6.07) is 15.7. The molecule has 2 amide bonds. The zero-order valence-electron chi connectivity index (χ0n) is 24.0. The summed E-state index contributed by atoms with van der Waals surface area (Å²) in [5.41, 5.74) is -2.32. The van der Waals surface area contributed by atoms with Crippen molar-refractivity contribution in [2.24, 2.45) is 0 Å². The van der Waals surface area contributed by atoms with Gasteiger partial charge in [-0.15, -0.1) is 0 Å². The molecule has 2 heterocycles. The summed E-state index contributed by atoms with van der Waals surface area (Å²) in [5, 5.41) is 2.75. The summed E-state index contributed by atoms with van der Waals surface area (Å²) >= 11 is 0. The predicted molar refractivity (Wildman–Crippen MR) is 153 cm³/mol. The van der Waals surface area contributed by atoms with E-state index < -0.39 is 40.8 Å². The molecule has 0 spiro atoms. The Morgan fingerprint density at radius 3 is 1.96 bits per heavy atom. The van der Waals surface area contributed by atoms with Crippen molar-refractivity contribution in [3.63, 3.8) is 0 Å². The first kappa shape index (κ1) is 32.4. The van der Waals surface area contributed by atoms with Crippen LogP contribution in [-0.4, -0.2) is 78.4 Å². The van der Waals surface area contributed by atoms with Gasteiger partial charge in [0, 0.05) is 62.5 Å². The maximum atomic E-state index is 13.5. The van der Waals surface area contributed by atoms with Crippen molar-refractivity contribution in [1.29, 1.82) is 0 Å². The average molecular weight is 637 g/mol. The second kappa shape index (κ2) is 13.2. The molecule has 0 aliphatic carbocycles. The van der Waals surface area contributed by atoms with Gasteiger partial charge in [0.25, 0.3) is 5.91 Å². The molecule has 13 heteroatoms. The monoisotopic (exact) mass is 636 g/mol. The average Bonchev–Trinajstić information content (AvgIpc) is 3.01. The fraction of sp³-hybridized carbons (Fsp3) is 0.375. The zero-order valence-corrected chi connectivity index (χ0v) is 24.0. The van der Waals surface area contributed by atoms with Gasteiger partial charge in [0.15, 0.2) is 0 Å². The number of carbonyl (C=O) groups excluding carboxylic acids is 2. The van der Waals surface area contributed by atoms with Crippen LogP contribution in [0.15, 0.2) is 72.8 Å². The van der Waals surface area contributed by atoms with Gasteiger partial charge in [-0.25, -0.2) is 4.39 Å². The number of halogens is 7. The van der Waals surface area contributed by atoms with Crippen LogP contribution in [0.2, 0.25) is 0 Å². The van der Waals surface area contributed by atoms with E-state index in [2.05, 4.69) is 10.2 Å². The summed E-state index contributed by atoms with van der Waals surface area (Å²) in [7, 11) is 0. The van der Waals surface area contributed by atoms with E-state index >= 15 is 0 Å². The molecule has 6 nitrogen and oxygen atoms in total. The van der Waals surface area contributed by atoms with E-state index in [-0.39, 0.29) is 43.6 Å². The van der Waals surface area contributed by atoms with Gasteiger partial charge >= 0.3 is 12.4 Å². The number of piperazine rings is 1. The van der Waals surface area contributed by atoms with Gasteiger partial charge in [0.05, 0.1) is 17.7 Å². The van der Waals surface area contributed by atoms with Gasteiger partial charge in [-0.1, -0.05) is 30.3 Å². The van der Waals surface area contributed by atoms with Gasteiger partial charge in [0.1, 0.15) is 5.82 Å². The largest absolute Gasteiger partial charge is 0.416 e. The normalized spacial score (nSPS) is 20.2. The zero-order chi connectivity index (χ0) is 32.4. The molecule has 2 fully saturated rings. The van der Waals surface area contributed by atoms with E-state index in [9.17, 15) is 40.3 Å². The topological polar surface area (TPSA) is 55.9 Å². The van der Waals surface area contributed by atoms with E-state index in [0.29, 0.717) is 50.4 Å². The molecule has 3 aromatic rings. The maximum absolute atomic E-state index is 13.5. The Morgan fingerprint density at radius 2 is 1.38 bits per heavy atom. The Bertz CT molecular complexity index is 1460. The predicted octanol–water partition coefficient (Wildman–Crippen LogP) is 6.12. The van der Waals surface area contributed by atoms with Gasteiger partial charge < -0.3 is 10.2 Å². The number of rotatable bonds is 6. The van der Waals surface area contributed by atoms with Crippen molar-refractivity contribution < 1.29 is 40.3 Å². The van der Waals surface area contributed by atoms with E-state index in [4.69, 9.17) is 0 Å². The fourth-order valence-corrected chi connectivity index (χ4v) is 6.04. The molecule has 45 heavy (non-hydrogen) atoms. The van der Waals surface area contributed by atoms with Crippen molar-refractivity contribution in [2.75, 3.05) is 51.1 Å². The summed E-state index contributed by atoms with van der Waals surface area (Å²) < 4.78 is 93.9. The molecule has 0 unspecified atom stereocenters. The lowest BCUT2D eigenvalue weighted by atomic mass is 9.84. The molecule has 3 aromatic carbocycles. The smallest absolute Gasteiger partial charge is 0.338 e. The molecule has 0 saturated carbocycles. The van der Waals surface area contributed by atoms with E-state index in [0.717, 1.165) is 5.56 Å². The van der Waals surface area contributed by atoms with Crippen LogP contribution in [-0.2, 0) is 17.1 Å². The number of likely N-dealkylation sites (tertiary alicyclic amines) is 1. The van der Waals surface area contributed by atoms with Gasteiger partial charge in [-0.05, 0) is 54.4 Å². The van der Waals surface area contributed by atoms with Crippen molar-refractivity contribution >= 4 is 17.5 Å². The van der Waals surface area contributed by atoms with Crippen molar-refractivity contribution in [1.82, 2.24) is 14.7 Å². The molecule has 2 saturated heterocycles. The van der Waals surface area contributed by atoms with E-state index in [1.807, 2.05) is 35.2 Å². The molecule has 0 aromatic heterocycles. The Balaban J connectivity index is 1.28. The number of nitrogens with one attached hydrogen (secondary N) is 1. The number of benzene rings is 3. The highest BCUT2D eigenvalue weighted by atomic mass is 19.4. The molecule has 1 N–H and O–H groups in total. The van der Waals surface area contributed by atoms with Crippen molar-refractivity contribution in [3.8, 4) is 0 Å². The van der Waals surface area contributed by atoms with Crippen LogP contribution in [0.25, 0.3) is 0 Å². The summed E-state index contributed by atoms with van der Waals surface area (Å²) in [6.07, 6.45) is -9.65. The maximum Gasteiger partial charge on any atom is 0.416 e. The first-order chi connectivity index (χ1) is 21.3. The molecule has 5 rings (SSSR count).